The molecular weight excluding hydrogens is 340 g/mol. The molecule has 2 N–H and O–H groups in total. The molecular formula is C15H15ClN2O4S. The Labute approximate surface area is 142 Å². The van der Waals surface area contributed by atoms with Gasteiger partial charge in [-0.1, -0.05) is 18.5 Å². The second-order valence-corrected chi connectivity index (χ2v) is 6.21. The largest absolute Gasteiger partial charge is 0.483 e. The number of nitrogens with one attached hydrogen (secondary N) is 1. The van der Waals surface area contributed by atoms with Crippen LogP contribution in [0.1, 0.15) is 28.0 Å². The molecule has 0 spiro atoms. The van der Waals surface area contributed by atoms with Crippen LogP contribution in [0.5, 0.6) is 5.75 Å². The highest BCUT2D eigenvalue weighted by atomic mass is 35.5. The summed E-state index contributed by atoms with van der Waals surface area (Å²) >= 11 is 7.00. The molecule has 23 heavy (non-hydrogen) atoms. The van der Waals surface area contributed by atoms with E-state index in [1.165, 1.54) is 0 Å². The number of benzene rings is 1. The van der Waals surface area contributed by atoms with Gasteiger partial charge >= 0.3 is 5.97 Å². The van der Waals surface area contributed by atoms with Gasteiger partial charge in [0.15, 0.2) is 12.3 Å². The summed E-state index contributed by atoms with van der Waals surface area (Å²) in [5.41, 5.74) is 0.658. The first-order chi connectivity index (χ1) is 10.9. The number of aromatic nitrogens is 1. The maximum atomic E-state index is 12.0. The zero-order chi connectivity index (χ0) is 17.0. The van der Waals surface area contributed by atoms with Gasteiger partial charge in [-0.2, -0.15) is 0 Å². The molecule has 1 amide bonds. The van der Waals surface area contributed by atoms with Crippen LogP contribution in [0.2, 0.25) is 5.02 Å². The van der Waals surface area contributed by atoms with E-state index in [1.54, 1.807) is 18.2 Å². The Hall–Kier alpha value is -2.12. The number of rotatable bonds is 6. The molecule has 0 unspecified atom stereocenters. The van der Waals surface area contributed by atoms with E-state index in [1.807, 2.05) is 13.8 Å². The van der Waals surface area contributed by atoms with E-state index in [-0.39, 0.29) is 17.3 Å². The van der Waals surface area contributed by atoms with E-state index in [2.05, 4.69) is 10.3 Å². The molecule has 1 aromatic heterocycles. The number of carbonyl (C=O) groups is 2. The van der Waals surface area contributed by atoms with Gasteiger partial charge < -0.3 is 15.2 Å². The molecule has 1 heterocycles. The van der Waals surface area contributed by atoms with Crippen molar-refractivity contribution in [3.8, 4) is 5.75 Å². The van der Waals surface area contributed by atoms with E-state index >= 15 is 0 Å². The molecule has 0 aliphatic rings. The lowest BCUT2D eigenvalue weighted by atomic mass is 10.2. The number of ether oxygens (including phenoxy) is 1. The van der Waals surface area contributed by atoms with Crippen LogP contribution < -0.4 is 10.1 Å². The van der Waals surface area contributed by atoms with Crippen molar-refractivity contribution < 1.29 is 19.4 Å². The van der Waals surface area contributed by atoms with Gasteiger partial charge in [0.2, 0.25) is 0 Å². The van der Waals surface area contributed by atoms with E-state index in [0.717, 1.165) is 16.9 Å². The van der Waals surface area contributed by atoms with Gasteiger partial charge in [-0.25, -0.2) is 9.78 Å². The Kier molecular flexibility index (Phi) is 5.57. The highest BCUT2D eigenvalue weighted by Crippen LogP contribution is 2.25. The minimum absolute atomic E-state index is 0.150. The number of aromatic carboxylic acids is 1. The number of hydrogen-bond acceptors (Lipinski definition) is 5. The quantitative estimate of drug-likeness (QED) is 0.830. The minimum Gasteiger partial charge on any atom is -0.483 e. The lowest BCUT2D eigenvalue weighted by Crippen LogP contribution is -2.21. The molecule has 0 fully saturated rings. The van der Waals surface area contributed by atoms with Crippen LogP contribution >= 0.6 is 22.9 Å². The molecule has 0 radical (unpaired) electrons. The average Bonchev–Trinajstić information content (AvgIpc) is 2.89. The van der Waals surface area contributed by atoms with E-state index < -0.39 is 11.9 Å². The third-order valence-corrected chi connectivity index (χ3v) is 4.28. The summed E-state index contributed by atoms with van der Waals surface area (Å²) in [6.45, 7) is 3.45. The number of halogens is 1. The fourth-order valence-corrected chi connectivity index (χ4v) is 2.96. The molecule has 2 rings (SSSR count). The number of carbonyl (C=O) groups excluding carboxylic acids is 1. The number of hydrogen-bond donors (Lipinski definition) is 2. The molecule has 8 heteroatoms. The minimum atomic E-state index is -1.18. The number of carboxylic acids is 1. The van der Waals surface area contributed by atoms with Crippen molar-refractivity contribution in [1.82, 2.24) is 4.98 Å². The molecule has 0 aliphatic heterocycles. The first kappa shape index (κ1) is 17.2. The summed E-state index contributed by atoms with van der Waals surface area (Å²) in [4.78, 5) is 27.1. The maximum absolute atomic E-state index is 12.0. The van der Waals surface area contributed by atoms with E-state index in [0.29, 0.717) is 22.2 Å². The number of aryl methyl sites for hydroxylation is 2. The van der Waals surface area contributed by atoms with Crippen molar-refractivity contribution in [2.24, 2.45) is 0 Å². The number of nitrogens with zero attached hydrogens (tertiary/aromatic N) is 1. The van der Waals surface area contributed by atoms with Crippen molar-refractivity contribution in [1.29, 1.82) is 0 Å². The second-order valence-electron chi connectivity index (χ2n) is 4.69. The number of carboxylic acid groups (broad SMARTS) is 1. The summed E-state index contributed by atoms with van der Waals surface area (Å²) < 4.78 is 5.43. The Morgan fingerprint density at radius 1 is 1.43 bits per heavy atom. The number of thiazole rings is 1. The Balaban J connectivity index is 2.02. The normalized spacial score (nSPS) is 10.4. The SMILES string of the molecule is CCc1nc(C(=O)O)c(NC(=O)COc2ccc(Cl)cc2C)s1. The average molecular weight is 355 g/mol. The van der Waals surface area contributed by atoms with Gasteiger partial charge in [0, 0.05) is 5.02 Å². The Bertz CT molecular complexity index is 745. The van der Waals surface area contributed by atoms with Crippen LogP contribution in [0, 0.1) is 6.92 Å². The molecule has 0 saturated carbocycles. The van der Waals surface area contributed by atoms with Gasteiger partial charge in [0.1, 0.15) is 10.8 Å². The molecule has 6 nitrogen and oxygen atoms in total. The predicted molar refractivity (Wildman–Crippen MR) is 88.8 cm³/mol. The Morgan fingerprint density at radius 3 is 2.78 bits per heavy atom. The summed E-state index contributed by atoms with van der Waals surface area (Å²) in [5, 5.41) is 13.1. The van der Waals surface area contributed by atoms with Crippen molar-refractivity contribution in [3.05, 3.63) is 39.5 Å². The molecule has 0 saturated heterocycles. The van der Waals surface area contributed by atoms with Crippen molar-refractivity contribution in [2.75, 3.05) is 11.9 Å². The van der Waals surface area contributed by atoms with E-state index in [9.17, 15) is 9.59 Å². The molecule has 0 atom stereocenters. The number of anilines is 1. The second kappa shape index (κ2) is 7.43. The predicted octanol–water partition coefficient (Wildman–Crippen LogP) is 3.38. The lowest BCUT2D eigenvalue weighted by molar-refractivity contribution is -0.118. The van der Waals surface area contributed by atoms with Gasteiger partial charge in [0.05, 0.1) is 5.01 Å². The molecule has 1 aromatic carbocycles. The number of amides is 1. The summed E-state index contributed by atoms with van der Waals surface area (Å²) in [7, 11) is 0. The molecule has 0 bridgehead atoms. The molecule has 122 valence electrons. The van der Waals surface area contributed by atoms with Crippen LogP contribution in [0.25, 0.3) is 0 Å². The van der Waals surface area contributed by atoms with Gasteiger partial charge in [0.25, 0.3) is 5.91 Å². The third kappa shape index (κ3) is 4.43. The van der Waals surface area contributed by atoms with Crippen LogP contribution in [0.3, 0.4) is 0 Å². The third-order valence-electron chi connectivity index (χ3n) is 2.93. The van der Waals surface area contributed by atoms with Crippen LogP contribution in [0.15, 0.2) is 18.2 Å². The summed E-state index contributed by atoms with van der Waals surface area (Å²) in [5.74, 6) is -1.08. The molecule has 0 aliphatic carbocycles. The zero-order valence-corrected chi connectivity index (χ0v) is 14.1. The first-order valence-corrected chi connectivity index (χ1v) is 8.02. The monoisotopic (exact) mass is 354 g/mol. The van der Waals surface area contributed by atoms with Gasteiger partial charge in [-0.3, -0.25) is 4.79 Å². The maximum Gasteiger partial charge on any atom is 0.357 e. The summed E-state index contributed by atoms with van der Waals surface area (Å²) in [6, 6.07) is 5.07. The summed E-state index contributed by atoms with van der Waals surface area (Å²) in [6.07, 6.45) is 0.598. The fraction of sp³-hybridized carbons (Fsp3) is 0.267. The standard InChI is InChI=1S/C15H15ClN2O4S/c1-3-12-18-13(15(20)21)14(23-12)17-11(19)7-22-10-5-4-9(16)6-8(10)2/h4-6H,3,7H2,1-2H3,(H,17,19)(H,20,21). The van der Waals surface area contributed by atoms with Crippen LogP contribution in [-0.2, 0) is 11.2 Å². The highest BCUT2D eigenvalue weighted by Gasteiger charge is 2.19. The Morgan fingerprint density at radius 2 is 2.17 bits per heavy atom. The van der Waals surface area contributed by atoms with Crippen LogP contribution in [0.4, 0.5) is 5.00 Å². The topological polar surface area (TPSA) is 88.5 Å². The fourth-order valence-electron chi connectivity index (χ4n) is 1.83. The lowest BCUT2D eigenvalue weighted by Gasteiger charge is -2.09. The van der Waals surface area contributed by atoms with Crippen molar-refractivity contribution >= 4 is 39.8 Å². The highest BCUT2D eigenvalue weighted by molar-refractivity contribution is 7.16. The van der Waals surface area contributed by atoms with Crippen molar-refractivity contribution in [3.63, 3.8) is 0 Å². The van der Waals surface area contributed by atoms with Gasteiger partial charge in [-0.05, 0) is 37.1 Å². The van der Waals surface area contributed by atoms with E-state index in [4.69, 9.17) is 21.4 Å². The van der Waals surface area contributed by atoms with Crippen LogP contribution in [-0.4, -0.2) is 28.6 Å². The van der Waals surface area contributed by atoms with Gasteiger partial charge in [-0.15, -0.1) is 11.3 Å². The smallest absolute Gasteiger partial charge is 0.357 e. The molecule has 2 aromatic rings. The zero-order valence-electron chi connectivity index (χ0n) is 12.6. The first-order valence-electron chi connectivity index (χ1n) is 6.82. The van der Waals surface area contributed by atoms with Crippen molar-refractivity contribution in [2.45, 2.75) is 20.3 Å².